The summed E-state index contributed by atoms with van der Waals surface area (Å²) in [7, 11) is 1.65. The first kappa shape index (κ1) is 22.7. The number of carbonyl (C=O) groups is 1. The summed E-state index contributed by atoms with van der Waals surface area (Å²) in [5.74, 6) is 1.12. The maximum Gasteiger partial charge on any atom is 0.273 e. The molecule has 0 aliphatic carbocycles. The van der Waals surface area contributed by atoms with Gasteiger partial charge in [0.05, 0.1) is 24.9 Å². The van der Waals surface area contributed by atoms with Gasteiger partial charge in [-0.25, -0.2) is 0 Å². The summed E-state index contributed by atoms with van der Waals surface area (Å²) >= 11 is 0. The van der Waals surface area contributed by atoms with Crippen LogP contribution in [-0.2, 0) is 4.74 Å². The predicted molar refractivity (Wildman–Crippen MR) is 124 cm³/mol. The van der Waals surface area contributed by atoms with Gasteiger partial charge in [-0.3, -0.25) is 9.89 Å². The molecule has 0 radical (unpaired) electrons. The van der Waals surface area contributed by atoms with Crippen molar-refractivity contribution in [1.29, 1.82) is 0 Å². The molecule has 8 heteroatoms. The Morgan fingerprint density at radius 1 is 1.09 bits per heavy atom. The smallest absolute Gasteiger partial charge is 0.273 e. The highest BCUT2D eigenvalue weighted by Crippen LogP contribution is 2.44. The van der Waals surface area contributed by atoms with E-state index in [1.54, 1.807) is 19.2 Å². The third-order valence-electron chi connectivity index (χ3n) is 5.65. The minimum absolute atomic E-state index is 0.0648. The molecule has 1 aliphatic rings. The number of ether oxygens (including phenoxy) is 3. The summed E-state index contributed by atoms with van der Waals surface area (Å²) in [6, 6.07) is 12.5. The highest BCUT2D eigenvalue weighted by Gasteiger charge is 2.42. The zero-order chi connectivity index (χ0) is 23.4. The molecule has 0 saturated carbocycles. The number of amides is 1. The molecule has 1 aromatic heterocycles. The number of rotatable bonds is 10. The van der Waals surface area contributed by atoms with Gasteiger partial charge in [-0.1, -0.05) is 6.07 Å². The van der Waals surface area contributed by atoms with Gasteiger partial charge < -0.3 is 24.2 Å². The number of H-pyrrole nitrogens is 1. The molecule has 3 aromatic rings. The fourth-order valence-corrected chi connectivity index (χ4v) is 4.22. The third kappa shape index (κ3) is 4.39. The molecule has 0 bridgehead atoms. The Kier molecular flexibility index (Phi) is 6.84. The summed E-state index contributed by atoms with van der Waals surface area (Å²) in [6.45, 7) is 5.89. The van der Waals surface area contributed by atoms with E-state index in [4.69, 9.17) is 14.2 Å². The van der Waals surface area contributed by atoms with Crippen molar-refractivity contribution >= 4 is 5.91 Å². The first-order valence-corrected chi connectivity index (χ1v) is 11.2. The van der Waals surface area contributed by atoms with Crippen LogP contribution < -0.4 is 9.47 Å². The Labute approximate surface area is 193 Å². The first-order valence-electron chi connectivity index (χ1n) is 11.2. The van der Waals surface area contributed by atoms with E-state index in [1.165, 1.54) is 0 Å². The highest BCUT2D eigenvalue weighted by molar-refractivity contribution is 6.00. The number of phenolic OH excluding ortho intramolecular Hbond substituents is 1. The number of aromatic nitrogens is 2. The monoisotopic (exact) mass is 451 g/mol. The second-order valence-electron chi connectivity index (χ2n) is 7.73. The van der Waals surface area contributed by atoms with E-state index in [0.717, 1.165) is 22.4 Å². The Bertz CT molecular complexity index is 1110. The minimum atomic E-state index is -0.371. The van der Waals surface area contributed by atoms with E-state index < -0.39 is 0 Å². The van der Waals surface area contributed by atoms with Crippen LogP contribution >= 0.6 is 0 Å². The zero-order valence-electron chi connectivity index (χ0n) is 19.1. The fourth-order valence-electron chi connectivity index (χ4n) is 4.22. The van der Waals surface area contributed by atoms with Gasteiger partial charge in [0.25, 0.3) is 5.91 Å². The zero-order valence-corrected chi connectivity index (χ0v) is 19.1. The second-order valence-corrected chi connectivity index (χ2v) is 7.73. The van der Waals surface area contributed by atoms with Gasteiger partial charge >= 0.3 is 0 Å². The standard InChI is InChI=1S/C25H29N3O5/c1-4-32-18-10-7-16(8-11-18)22-21-23(27-26-22)25(30)28(13-6-14-31-3)24(21)17-9-12-19(29)20(15-17)33-5-2/h7-12,15,24,29H,4-6,13-14H2,1-3H3,(H,26,27). The first-order chi connectivity index (χ1) is 16.1. The van der Waals surface area contributed by atoms with Gasteiger partial charge in [0.1, 0.15) is 11.4 Å². The Balaban J connectivity index is 1.79. The lowest BCUT2D eigenvalue weighted by Crippen LogP contribution is -2.31. The number of carbonyl (C=O) groups excluding carboxylic acids is 1. The van der Waals surface area contributed by atoms with Crippen molar-refractivity contribution in [3.63, 3.8) is 0 Å². The number of nitrogens with zero attached hydrogens (tertiary/aromatic N) is 2. The normalized spacial score (nSPS) is 15.1. The largest absolute Gasteiger partial charge is 0.504 e. The molecule has 2 heterocycles. The van der Waals surface area contributed by atoms with Gasteiger partial charge in [0.15, 0.2) is 11.5 Å². The van der Waals surface area contributed by atoms with E-state index >= 15 is 0 Å². The van der Waals surface area contributed by atoms with Crippen LogP contribution in [-0.4, -0.2) is 59.6 Å². The lowest BCUT2D eigenvalue weighted by atomic mass is 9.95. The van der Waals surface area contributed by atoms with Crippen molar-refractivity contribution < 1.29 is 24.1 Å². The van der Waals surface area contributed by atoms with Crippen LogP contribution in [0.3, 0.4) is 0 Å². The molecule has 174 valence electrons. The molecule has 33 heavy (non-hydrogen) atoms. The number of aromatic hydroxyl groups is 1. The summed E-state index contributed by atoms with van der Waals surface area (Å²) in [4.78, 5) is 15.2. The maximum atomic E-state index is 13.3. The maximum absolute atomic E-state index is 13.3. The number of nitrogens with one attached hydrogen (secondary N) is 1. The van der Waals surface area contributed by atoms with Gasteiger partial charge in [0.2, 0.25) is 0 Å². The molecule has 8 nitrogen and oxygen atoms in total. The molecule has 0 saturated heterocycles. The summed E-state index contributed by atoms with van der Waals surface area (Å²) in [5.41, 5.74) is 3.74. The van der Waals surface area contributed by atoms with Crippen LogP contribution in [0, 0.1) is 0 Å². The van der Waals surface area contributed by atoms with E-state index in [9.17, 15) is 9.90 Å². The van der Waals surface area contributed by atoms with Crippen LogP contribution in [0.4, 0.5) is 0 Å². The van der Waals surface area contributed by atoms with Crippen molar-refractivity contribution in [2.24, 2.45) is 0 Å². The van der Waals surface area contributed by atoms with Crippen LogP contribution in [0.25, 0.3) is 11.3 Å². The van der Waals surface area contributed by atoms with E-state index in [0.29, 0.717) is 49.9 Å². The van der Waals surface area contributed by atoms with Crippen LogP contribution in [0.5, 0.6) is 17.2 Å². The van der Waals surface area contributed by atoms with E-state index in [2.05, 4.69) is 10.2 Å². The Morgan fingerprint density at radius 2 is 1.85 bits per heavy atom. The van der Waals surface area contributed by atoms with E-state index in [-0.39, 0.29) is 17.7 Å². The number of aromatic amines is 1. The Morgan fingerprint density at radius 3 is 2.55 bits per heavy atom. The lowest BCUT2D eigenvalue weighted by molar-refractivity contribution is 0.0723. The third-order valence-corrected chi connectivity index (χ3v) is 5.65. The van der Waals surface area contributed by atoms with Gasteiger partial charge in [-0.15, -0.1) is 0 Å². The molecular formula is C25H29N3O5. The van der Waals surface area contributed by atoms with Crippen molar-refractivity contribution in [2.75, 3.05) is 33.5 Å². The quantitative estimate of drug-likeness (QED) is 0.449. The van der Waals surface area contributed by atoms with Gasteiger partial charge in [0, 0.05) is 31.4 Å². The molecule has 1 amide bonds. The van der Waals surface area contributed by atoms with Crippen molar-refractivity contribution in [1.82, 2.24) is 15.1 Å². The number of methoxy groups -OCH3 is 1. The van der Waals surface area contributed by atoms with Crippen molar-refractivity contribution in [2.45, 2.75) is 26.3 Å². The minimum Gasteiger partial charge on any atom is -0.504 e. The van der Waals surface area contributed by atoms with Crippen LogP contribution in [0.15, 0.2) is 42.5 Å². The molecule has 1 atom stereocenters. The van der Waals surface area contributed by atoms with Crippen LogP contribution in [0.2, 0.25) is 0 Å². The summed E-state index contributed by atoms with van der Waals surface area (Å²) in [6.07, 6.45) is 0.700. The molecule has 2 aromatic carbocycles. The van der Waals surface area contributed by atoms with Gasteiger partial charge in [-0.2, -0.15) is 5.10 Å². The fraction of sp³-hybridized carbons (Fsp3) is 0.360. The predicted octanol–water partition coefficient (Wildman–Crippen LogP) is 4.16. The molecular weight excluding hydrogens is 422 g/mol. The summed E-state index contributed by atoms with van der Waals surface area (Å²) < 4.78 is 16.4. The molecule has 2 N–H and O–H groups in total. The number of hydrogen-bond acceptors (Lipinski definition) is 6. The molecule has 4 rings (SSSR count). The number of benzene rings is 2. The average molecular weight is 452 g/mol. The van der Waals surface area contributed by atoms with Gasteiger partial charge in [-0.05, 0) is 62.2 Å². The molecule has 0 fully saturated rings. The Hall–Kier alpha value is -3.52. The lowest BCUT2D eigenvalue weighted by Gasteiger charge is -2.27. The van der Waals surface area contributed by atoms with Crippen molar-refractivity contribution in [3.05, 3.63) is 59.3 Å². The second kappa shape index (κ2) is 9.95. The topological polar surface area (TPSA) is 96.9 Å². The molecule has 1 unspecified atom stereocenters. The van der Waals surface area contributed by atoms with E-state index in [1.807, 2.05) is 49.1 Å². The SMILES string of the molecule is CCOc1ccc(-c2n[nH]c3c2C(c2ccc(O)c(OCC)c2)N(CCCOC)C3=O)cc1. The number of phenols is 1. The molecule has 1 aliphatic heterocycles. The molecule has 0 spiro atoms. The number of fused-ring (bicyclic) bond motifs is 1. The highest BCUT2D eigenvalue weighted by atomic mass is 16.5. The van der Waals surface area contributed by atoms with Crippen molar-refractivity contribution in [3.8, 4) is 28.5 Å². The number of hydrogen-bond donors (Lipinski definition) is 2. The summed E-state index contributed by atoms with van der Waals surface area (Å²) in [5, 5.41) is 17.7. The van der Waals surface area contributed by atoms with Crippen LogP contribution in [0.1, 0.15) is 47.9 Å². The average Bonchev–Trinajstić information content (AvgIpc) is 3.36.